The second-order valence-electron chi connectivity index (χ2n) is 12.1. The van der Waals surface area contributed by atoms with Crippen molar-refractivity contribution < 1.29 is 48.1 Å². The number of amides is 8. The van der Waals surface area contributed by atoms with E-state index in [1.807, 2.05) is 0 Å². The molecule has 1 aromatic rings. The molecule has 51 heavy (non-hydrogen) atoms. The van der Waals surface area contributed by atoms with Crippen LogP contribution >= 0.6 is 0 Å². The molecular weight excluding hydrogens is 666 g/mol. The molecule has 8 amide bonds. The second-order valence-corrected chi connectivity index (χ2v) is 12.1. The number of benzene rings is 1. The highest BCUT2D eigenvalue weighted by Gasteiger charge is 2.29. The zero-order chi connectivity index (χ0) is 37.6. The van der Waals surface area contributed by atoms with Crippen LogP contribution in [0.25, 0.3) is 0 Å². The van der Waals surface area contributed by atoms with Gasteiger partial charge in [0.1, 0.15) is 18.7 Å². The summed E-state index contributed by atoms with van der Waals surface area (Å²) in [7, 11) is 0. The number of rotatable bonds is 25. The SMILES string of the molecule is CC(C)C(NC(=O)CCCCCNC(=O)COCCOCCN1C(=O)C=CC1=O)C(=O)NC(CCCNC(N)=O)C(=O)Nc1ccc(CO)cc1. The summed E-state index contributed by atoms with van der Waals surface area (Å²) in [6, 6.07) is 4.00. The maximum Gasteiger partial charge on any atom is 0.312 e. The Bertz CT molecular complexity index is 1340. The highest BCUT2D eigenvalue weighted by atomic mass is 16.5. The van der Waals surface area contributed by atoms with E-state index in [1.165, 1.54) is 12.2 Å². The van der Waals surface area contributed by atoms with E-state index < -0.39 is 29.9 Å². The summed E-state index contributed by atoms with van der Waals surface area (Å²) in [6.07, 6.45) is 4.92. The topological polar surface area (TPSA) is 248 Å². The van der Waals surface area contributed by atoms with Gasteiger partial charge in [-0.2, -0.15) is 0 Å². The Morgan fingerprint density at radius 2 is 1.47 bits per heavy atom. The molecule has 1 aliphatic rings. The Labute approximate surface area is 297 Å². The van der Waals surface area contributed by atoms with Gasteiger partial charge in [-0.05, 0) is 49.3 Å². The van der Waals surface area contributed by atoms with Gasteiger partial charge in [-0.1, -0.05) is 32.4 Å². The first-order valence-corrected chi connectivity index (χ1v) is 17.0. The van der Waals surface area contributed by atoms with E-state index >= 15 is 0 Å². The van der Waals surface area contributed by atoms with E-state index in [4.69, 9.17) is 15.2 Å². The number of hydrogen-bond donors (Lipinski definition) is 7. The van der Waals surface area contributed by atoms with E-state index in [0.717, 1.165) is 4.90 Å². The molecule has 2 unspecified atom stereocenters. The molecule has 0 radical (unpaired) electrons. The minimum atomic E-state index is -0.972. The lowest BCUT2D eigenvalue weighted by Crippen LogP contribution is -2.54. The number of primary amides is 1. The van der Waals surface area contributed by atoms with Gasteiger partial charge >= 0.3 is 6.03 Å². The van der Waals surface area contributed by atoms with Crippen molar-refractivity contribution in [3.63, 3.8) is 0 Å². The zero-order valence-electron chi connectivity index (χ0n) is 29.2. The average Bonchev–Trinajstić information content (AvgIpc) is 3.41. The molecule has 0 saturated heterocycles. The number of urea groups is 1. The number of imide groups is 1. The molecular formula is C34H51N7O10. The minimum Gasteiger partial charge on any atom is -0.392 e. The fourth-order valence-electron chi connectivity index (χ4n) is 4.81. The Balaban J connectivity index is 1.67. The standard InChI is InChI=1S/C34H51N7O10/c1-23(2)31(33(48)39-26(7-6-16-37-34(35)49)32(47)38-25-11-9-24(21-42)10-12-25)40-27(43)8-4-3-5-15-36-28(44)22-51-20-19-50-18-17-41-29(45)13-14-30(41)46/h9-14,23,26,31,42H,3-8,15-22H2,1-2H3,(H,36,44)(H,38,47)(H,39,48)(H,40,43)(H3,35,37,49). The quantitative estimate of drug-likeness (QED) is 0.0520. The van der Waals surface area contributed by atoms with Crippen molar-refractivity contribution in [3.05, 3.63) is 42.0 Å². The van der Waals surface area contributed by atoms with E-state index in [2.05, 4.69) is 26.6 Å². The first-order valence-electron chi connectivity index (χ1n) is 17.0. The van der Waals surface area contributed by atoms with Crippen molar-refractivity contribution in [2.45, 2.75) is 71.1 Å². The minimum absolute atomic E-state index is 0.144. The lowest BCUT2D eigenvalue weighted by Gasteiger charge is -2.25. The number of nitrogens with zero attached hydrogens (tertiary/aromatic N) is 1. The van der Waals surface area contributed by atoms with E-state index in [-0.39, 0.29) is 88.5 Å². The lowest BCUT2D eigenvalue weighted by atomic mass is 10.0. The highest BCUT2D eigenvalue weighted by molar-refractivity contribution is 6.12. The van der Waals surface area contributed by atoms with Crippen molar-refractivity contribution >= 4 is 47.2 Å². The number of aliphatic hydroxyl groups is 1. The van der Waals surface area contributed by atoms with Gasteiger partial charge in [0, 0.05) is 37.3 Å². The van der Waals surface area contributed by atoms with Crippen LogP contribution in [-0.4, -0.2) is 110 Å². The molecule has 17 nitrogen and oxygen atoms in total. The molecule has 2 atom stereocenters. The van der Waals surface area contributed by atoms with Gasteiger partial charge in [-0.15, -0.1) is 0 Å². The van der Waals surface area contributed by atoms with Crippen LogP contribution in [0.1, 0.15) is 57.9 Å². The van der Waals surface area contributed by atoms with Crippen molar-refractivity contribution in [3.8, 4) is 0 Å². The molecule has 2 rings (SSSR count). The molecule has 282 valence electrons. The smallest absolute Gasteiger partial charge is 0.312 e. The summed E-state index contributed by atoms with van der Waals surface area (Å²) in [5, 5.41) is 22.7. The summed E-state index contributed by atoms with van der Waals surface area (Å²) < 4.78 is 10.6. The maximum atomic E-state index is 13.3. The molecule has 8 N–H and O–H groups in total. The van der Waals surface area contributed by atoms with Gasteiger partial charge in [0.15, 0.2) is 0 Å². The molecule has 1 aromatic carbocycles. The van der Waals surface area contributed by atoms with Gasteiger partial charge in [0.25, 0.3) is 11.8 Å². The summed E-state index contributed by atoms with van der Waals surface area (Å²) in [4.78, 5) is 86.2. The van der Waals surface area contributed by atoms with Crippen molar-refractivity contribution in [1.29, 1.82) is 0 Å². The molecule has 0 fully saturated rings. The number of carbonyl (C=O) groups excluding carboxylic acids is 7. The molecule has 0 aliphatic carbocycles. The number of unbranched alkanes of at least 4 members (excludes halogenated alkanes) is 2. The third-order valence-corrected chi connectivity index (χ3v) is 7.64. The summed E-state index contributed by atoms with van der Waals surface area (Å²) in [5.41, 5.74) is 6.26. The predicted molar refractivity (Wildman–Crippen MR) is 185 cm³/mol. The number of carbonyl (C=O) groups is 7. The van der Waals surface area contributed by atoms with Gasteiger partial charge < -0.3 is 46.9 Å². The number of ether oxygens (including phenoxy) is 2. The average molecular weight is 718 g/mol. The van der Waals surface area contributed by atoms with Crippen molar-refractivity contribution in [1.82, 2.24) is 26.2 Å². The van der Waals surface area contributed by atoms with E-state index in [9.17, 15) is 38.7 Å². The van der Waals surface area contributed by atoms with Crippen LogP contribution in [0.2, 0.25) is 0 Å². The summed E-state index contributed by atoms with van der Waals surface area (Å²) in [5.74, 6) is -2.66. The fourth-order valence-corrected chi connectivity index (χ4v) is 4.81. The molecule has 0 bridgehead atoms. The number of nitrogens with two attached hydrogens (primary N) is 1. The second kappa shape index (κ2) is 23.5. The molecule has 0 saturated carbocycles. The van der Waals surface area contributed by atoms with Crippen LogP contribution in [0.15, 0.2) is 36.4 Å². The summed E-state index contributed by atoms with van der Waals surface area (Å²) >= 11 is 0. The predicted octanol–water partition coefficient (Wildman–Crippen LogP) is -0.174. The molecule has 0 aromatic heterocycles. The van der Waals surface area contributed by atoms with Crippen LogP contribution in [0.5, 0.6) is 0 Å². The molecule has 1 heterocycles. The number of aliphatic hydroxyl groups excluding tert-OH is 1. The van der Waals surface area contributed by atoms with Crippen LogP contribution < -0.4 is 32.3 Å². The van der Waals surface area contributed by atoms with Crippen LogP contribution in [-0.2, 0) is 44.8 Å². The zero-order valence-corrected chi connectivity index (χ0v) is 29.2. The van der Waals surface area contributed by atoms with Gasteiger partial charge in [-0.25, -0.2) is 4.79 Å². The molecule has 17 heteroatoms. The van der Waals surface area contributed by atoms with E-state index in [1.54, 1.807) is 38.1 Å². The molecule has 0 spiro atoms. The van der Waals surface area contributed by atoms with Crippen LogP contribution in [0, 0.1) is 5.92 Å². The third-order valence-electron chi connectivity index (χ3n) is 7.64. The number of hydrogen-bond acceptors (Lipinski definition) is 10. The van der Waals surface area contributed by atoms with Crippen LogP contribution in [0.3, 0.4) is 0 Å². The molecule has 1 aliphatic heterocycles. The van der Waals surface area contributed by atoms with Gasteiger partial charge in [0.05, 0.1) is 33.0 Å². The van der Waals surface area contributed by atoms with Crippen molar-refractivity contribution in [2.75, 3.05) is 51.4 Å². The number of nitrogens with one attached hydrogen (secondary N) is 5. The normalized spacial score (nSPS) is 13.5. The Morgan fingerprint density at radius 3 is 2.12 bits per heavy atom. The number of anilines is 1. The first-order chi connectivity index (χ1) is 24.4. The van der Waals surface area contributed by atoms with Gasteiger partial charge in [0.2, 0.25) is 23.6 Å². The largest absolute Gasteiger partial charge is 0.392 e. The van der Waals surface area contributed by atoms with Crippen LogP contribution in [0.4, 0.5) is 10.5 Å². The maximum absolute atomic E-state index is 13.3. The first kappa shape index (κ1) is 42.3. The van der Waals surface area contributed by atoms with E-state index in [0.29, 0.717) is 43.5 Å². The van der Waals surface area contributed by atoms with Crippen molar-refractivity contribution in [2.24, 2.45) is 11.7 Å². The Kier molecular flexibility index (Phi) is 19.5. The Hall–Kier alpha value is -4.87. The summed E-state index contributed by atoms with van der Waals surface area (Å²) in [6.45, 7) is 4.53. The monoisotopic (exact) mass is 717 g/mol. The van der Waals surface area contributed by atoms with Gasteiger partial charge in [-0.3, -0.25) is 33.7 Å². The fraction of sp³-hybridized carbons (Fsp3) is 0.559. The highest BCUT2D eigenvalue weighted by Crippen LogP contribution is 2.12. The lowest BCUT2D eigenvalue weighted by molar-refractivity contribution is -0.138. The third kappa shape index (κ3) is 17.1. The Morgan fingerprint density at radius 1 is 0.804 bits per heavy atom.